The van der Waals surface area contributed by atoms with Crippen LogP contribution < -0.4 is 0 Å². The van der Waals surface area contributed by atoms with Gasteiger partial charge in [-0.1, -0.05) is 12.0 Å². The number of fused-ring (bicyclic) bond motifs is 1. The molecular formula is C13H11NO2. The smallest absolute Gasteiger partial charge is 0.303 e. The van der Waals surface area contributed by atoms with Crippen LogP contribution in [0.2, 0.25) is 0 Å². The van der Waals surface area contributed by atoms with Crippen molar-refractivity contribution in [2.24, 2.45) is 0 Å². The second kappa shape index (κ2) is 4.11. The van der Waals surface area contributed by atoms with Crippen LogP contribution >= 0.6 is 0 Å². The molecule has 16 heavy (non-hydrogen) atoms. The van der Waals surface area contributed by atoms with E-state index in [1.54, 1.807) is 0 Å². The molecule has 0 aliphatic rings. The number of benzene rings is 1. The monoisotopic (exact) mass is 213 g/mol. The molecule has 2 rings (SSSR count). The number of aromatic nitrogens is 1. The van der Waals surface area contributed by atoms with Crippen molar-refractivity contribution in [1.29, 1.82) is 0 Å². The number of aromatic amines is 1. The molecule has 2 aromatic rings. The van der Waals surface area contributed by atoms with Crippen LogP contribution in [0.4, 0.5) is 0 Å². The Bertz CT molecular complexity index is 575. The number of carbonyl (C=O) groups is 1. The maximum atomic E-state index is 10.5. The second-order valence-electron chi connectivity index (χ2n) is 3.58. The highest BCUT2D eigenvalue weighted by Crippen LogP contribution is 2.23. The van der Waals surface area contributed by atoms with Crippen molar-refractivity contribution in [3.8, 4) is 12.3 Å². The van der Waals surface area contributed by atoms with Gasteiger partial charge in [0.05, 0.1) is 0 Å². The number of nitrogens with one attached hydrogen (secondary N) is 1. The third kappa shape index (κ3) is 1.78. The lowest BCUT2D eigenvalue weighted by Gasteiger charge is -1.99. The zero-order valence-electron chi connectivity index (χ0n) is 8.66. The third-order valence-corrected chi connectivity index (χ3v) is 2.55. The summed E-state index contributed by atoms with van der Waals surface area (Å²) in [5.41, 5.74) is 2.72. The first-order valence-electron chi connectivity index (χ1n) is 4.99. The number of hydrogen-bond acceptors (Lipinski definition) is 1. The van der Waals surface area contributed by atoms with Crippen molar-refractivity contribution in [3.63, 3.8) is 0 Å². The first-order chi connectivity index (χ1) is 7.72. The van der Waals surface area contributed by atoms with E-state index in [1.807, 2.05) is 24.4 Å². The van der Waals surface area contributed by atoms with E-state index in [1.165, 1.54) is 0 Å². The number of carboxylic acid groups (broad SMARTS) is 1. The molecule has 0 fully saturated rings. The molecule has 0 amide bonds. The molecule has 1 heterocycles. The highest BCUT2D eigenvalue weighted by atomic mass is 16.4. The van der Waals surface area contributed by atoms with Gasteiger partial charge in [0.1, 0.15) is 0 Å². The number of H-pyrrole nitrogens is 1. The standard InChI is InChI=1S/C13H11NO2/c1-2-9-4-3-5-11-13(9)10(8-14-11)6-7-12(15)16/h1,3-5,8,14H,6-7H2,(H,15,16). The summed E-state index contributed by atoms with van der Waals surface area (Å²) in [7, 11) is 0. The Kier molecular flexibility index (Phi) is 2.65. The van der Waals surface area contributed by atoms with Gasteiger partial charge in [-0.15, -0.1) is 6.42 Å². The summed E-state index contributed by atoms with van der Waals surface area (Å²) < 4.78 is 0. The second-order valence-corrected chi connectivity index (χ2v) is 3.58. The minimum Gasteiger partial charge on any atom is -0.481 e. The predicted octanol–water partition coefficient (Wildman–Crippen LogP) is 2.17. The molecule has 0 atom stereocenters. The Morgan fingerprint density at radius 1 is 1.50 bits per heavy atom. The molecular weight excluding hydrogens is 202 g/mol. The van der Waals surface area contributed by atoms with Gasteiger partial charge in [0.15, 0.2) is 0 Å². The van der Waals surface area contributed by atoms with Crippen molar-refractivity contribution in [2.45, 2.75) is 12.8 Å². The third-order valence-electron chi connectivity index (χ3n) is 2.55. The van der Waals surface area contributed by atoms with Crippen LogP contribution in [0, 0.1) is 12.3 Å². The summed E-state index contributed by atoms with van der Waals surface area (Å²) in [5, 5.41) is 9.62. The summed E-state index contributed by atoms with van der Waals surface area (Å²) in [6.45, 7) is 0. The maximum Gasteiger partial charge on any atom is 0.303 e. The predicted molar refractivity (Wildman–Crippen MR) is 62.2 cm³/mol. The first kappa shape index (κ1) is 10.3. The number of terminal acetylenes is 1. The van der Waals surface area contributed by atoms with Gasteiger partial charge in [0, 0.05) is 29.1 Å². The van der Waals surface area contributed by atoms with Crippen LogP contribution in [0.1, 0.15) is 17.5 Å². The Hall–Kier alpha value is -2.21. The molecule has 0 bridgehead atoms. The number of hydrogen-bond donors (Lipinski definition) is 2. The lowest BCUT2D eigenvalue weighted by Crippen LogP contribution is -1.97. The summed E-state index contributed by atoms with van der Waals surface area (Å²) in [6.07, 6.45) is 7.86. The van der Waals surface area contributed by atoms with E-state index in [-0.39, 0.29) is 6.42 Å². The van der Waals surface area contributed by atoms with E-state index in [4.69, 9.17) is 11.5 Å². The van der Waals surface area contributed by atoms with Crippen LogP contribution in [0.25, 0.3) is 10.9 Å². The highest BCUT2D eigenvalue weighted by molar-refractivity contribution is 5.89. The molecule has 0 saturated carbocycles. The lowest BCUT2D eigenvalue weighted by molar-refractivity contribution is -0.136. The van der Waals surface area contributed by atoms with Crippen LogP contribution in [-0.4, -0.2) is 16.1 Å². The van der Waals surface area contributed by atoms with Crippen LogP contribution in [0.3, 0.4) is 0 Å². The van der Waals surface area contributed by atoms with Gasteiger partial charge >= 0.3 is 5.97 Å². The normalized spacial score (nSPS) is 10.2. The summed E-state index contributed by atoms with van der Waals surface area (Å²) in [5.74, 6) is 1.82. The number of aliphatic carboxylic acids is 1. The van der Waals surface area contributed by atoms with Gasteiger partial charge in [-0.3, -0.25) is 4.79 Å². The highest BCUT2D eigenvalue weighted by Gasteiger charge is 2.08. The molecule has 0 aliphatic heterocycles. The molecule has 0 saturated heterocycles. The van der Waals surface area contributed by atoms with Crippen molar-refractivity contribution in [1.82, 2.24) is 4.98 Å². The summed E-state index contributed by atoms with van der Waals surface area (Å²) >= 11 is 0. The topological polar surface area (TPSA) is 53.1 Å². The van der Waals surface area contributed by atoms with Crippen molar-refractivity contribution < 1.29 is 9.90 Å². The van der Waals surface area contributed by atoms with Crippen molar-refractivity contribution in [2.75, 3.05) is 0 Å². The number of carboxylic acids is 1. The van der Waals surface area contributed by atoms with Gasteiger partial charge < -0.3 is 10.1 Å². The molecule has 0 spiro atoms. The van der Waals surface area contributed by atoms with E-state index in [2.05, 4.69) is 10.9 Å². The molecule has 0 radical (unpaired) electrons. The summed E-state index contributed by atoms with van der Waals surface area (Å²) in [6, 6.07) is 5.68. The molecule has 0 unspecified atom stereocenters. The molecule has 1 aromatic heterocycles. The largest absolute Gasteiger partial charge is 0.481 e. The van der Waals surface area contributed by atoms with Crippen LogP contribution in [0.5, 0.6) is 0 Å². The maximum absolute atomic E-state index is 10.5. The SMILES string of the molecule is C#Cc1cccc2[nH]cc(CCC(=O)O)c12. The summed E-state index contributed by atoms with van der Waals surface area (Å²) in [4.78, 5) is 13.6. The van der Waals surface area contributed by atoms with Gasteiger partial charge in [-0.05, 0) is 24.1 Å². The fourth-order valence-corrected chi connectivity index (χ4v) is 1.81. The first-order valence-corrected chi connectivity index (χ1v) is 4.99. The fourth-order valence-electron chi connectivity index (χ4n) is 1.81. The minimum absolute atomic E-state index is 0.117. The van der Waals surface area contributed by atoms with Gasteiger partial charge in [-0.2, -0.15) is 0 Å². The van der Waals surface area contributed by atoms with Gasteiger partial charge in [-0.25, -0.2) is 0 Å². The van der Waals surface area contributed by atoms with Crippen molar-refractivity contribution in [3.05, 3.63) is 35.5 Å². The fraction of sp³-hybridized carbons (Fsp3) is 0.154. The Morgan fingerprint density at radius 2 is 2.31 bits per heavy atom. The van der Waals surface area contributed by atoms with Gasteiger partial charge in [0.25, 0.3) is 0 Å². The van der Waals surface area contributed by atoms with Gasteiger partial charge in [0.2, 0.25) is 0 Å². The molecule has 3 nitrogen and oxygen atoms in total. The zero-order valence-corrected chi connectivity index (χ0v) is 8.66. The Balaban J connectivity index is 2.46. The zero-order chi connectivity index (χ0) is 11.5. The number of rotatable bonds is 3. The molecule has 2 N–H and O–H groups in total. The minimum atomic E-state index is -0.799. The van der Waals surface area contributed by atoms with Crippen LogP contribution in [0.15, 0.2) is 24.4 Å². The molecule has 3 heteroatoms. The van der Waals surface area contributed by atoms with E-state index in [0.29, 0.717) is 6.42 Å². The van der Waals surface area contributed by atoms with E-state index < -0.39 is 5.97 Å². The average molecular weight is 213 g/mol. The number of aryl methyl sites for hydroxylation is 1. The van der Waals surface area contributed by atoms with E-state index in [0.717, 1.165) is 22.0 Å². The van der Waals surface area contributed by atoms with E-state index in [9.17, 15) is 4.79 Å². The molecule has 0 aliphatic carbocycles. The van der Waals surface area contributed by atoms with E-state index >= 15 is 0 Å². The average Bonchev–Trinajstić information content (AvgIpc) is 2.69. The van der Waals surface area contributed by atoms with Crippen LogP contribution in [-0.2, 0) is 11.2 Å². The van der Waals surface area contributed by atoms with Crippen molar-refractivity contribution >= 4 is 16.9 Å². The molecule has 1 aromatic carbocycles. The Morgan fingerprint density at radius 3 is 3.00 bits per heavy atom. The molecule has 80 valence electrons. The quantitative estimate of drug-likeness (QED) is 0.768. The lowest BCUT2D eigenvalue weighted by atomic mass is 10.0. The Labute approximate surface area is 93.1 Å².